The van der Waals surface area contributed by atoms with Gasteiger partial charge in [0.25, 0.3) is 0 Å². The van der Waals surface area contributed by atoms with Crippen LogP contribution < -0.4 is 5.32 Å². The first-order valence-corrected chi connectivity index (χ1v) is 7.92. The minimum absolute atomic E-state index is 0.197. The van der Waals surface area contributed by atoms with E-state index in [0.717, 1.165) is 13.1 Å². The molecule has 104 valence electrons. The van der Waals surface area contributed by atoms with Gasteiger partial charge in [-0.2, -0.15) is 0 Å². The number of carbonyl (C=O) groups is 1. The molecule has 0 radical (unpaired) electrons. The molecule has 1 heterocycles. The highest BCUT2D eigenvalue weighted by atomic mass is 16.2. The zero-order chi connectivity index (χ0) is 12.6. The highest BCUT2D eigenvalue weighted by Crippen LogP contribution is 2.17. The van der Waals surface area contributed by atoms with Gasteiger partial charge in [-0.1, -0.05) is 44.9 Å². The highest BCUT2D eigenvalue weighted by Gasteiger charge is 2.19. The van der Waals surface area contributed by atoms with Crippen molar-refractivity contribution in [2.24, 2.45) is 0 Å². The summed E-state index contributed by atoms with van der Waals surface area (Å²) < 4.78 is 0. The van der Waals surface area contributed by atoms with Crippen LogP contribution in [-0.2, 0) is 0 Å². The summed E-state index contributed by atoms with van der Waals surface area (Å²) in [6.07, 6.45) is 13.9. The Morgan fingerprint density at radius 3 is 1.89 bits per heavy atom. The molecule has 1 saturated heterocycles. The molecule has 1 aliphatic carbocycles. The summed E-state index contributed by atoms with van der Waals surface area (Å²) in [5.41, 5.74) is 0. The van der Waals surface area contributed by atoms with Crippen LogP contribution >= 0.6 is 0 Å². The van der Waals surface area contributed by atoms with Crippen LogP contribution in [0.4, 0.5) is 4.79 Å². The van der Waals surface area contributed by atoms with Crippen LogP contribution in [0.5, 0.6) is 0 Å². The van der Waals surface area contributed by atoms with Gasteiger partial charge in [-0.05, 0) is 25.7 Å². The molecule has 1 N–H and O–H groups in total. The first-order chi connectivity index (χ1) is 8.86. The van der Waals surface area contributed by atoms with Crippen molar-refractivity contribution in [2.75, 3.05) is 13.1 Å². The lowest BCUT2D eigenvalue weighted by Crippen LogP contribution is -2.45. The molecule has 2 rings (SSSR count). The second-order valence-corrected chi connectivity index (χ2v) is 5.89. The second kappa shape index (κ2) is 7.65. The molecular weight excluding hydrogens is 224 g/mol. The molecule has 0 spiro atoms. The smallest absolute Gasteiger partial charge is 0.317 e. The summed E-state index contributed by atoms with van der Waals surface area (Å²) in [6.45, 7) is 1.91. The summed E-state index contributed by atoms with van der Waals surface area (Å²) in [6, 6.07) is 0.628. The Bertz CT molecular complexity index is 239. The van der Waals surface area contributed by atoms with Gasteiger partial charge in [-0.25, -0.2) is 4.79 Å². The average molecular weight is 252 g/mol. The number of nitrogens with one attached hydrogen (secondary N) is 1. The van der Waals surface area contributed by atoms with Gasteiger partial charge in [0, 0.05) is 19.1 Å². The molecule has 0 bridgehead atoms. The quantitative estimate of drug-likeness (QED) is 0.758. The minimum Gasteiger partial charge on any atom is -0.335 e. The van der Waals surface area contributed by atoms with E-state index >= 15 is 0 Å². The number of likely N-dealkylation sites (tertiary alicyclic amines) is 1. The number of hydrogen-bond acceptors (Lipinski definition) is 1. The molecule has 0 unspecified atom stereocenters. The van der Waals surface area contributed by atoms with Crippen LogP contribution in [0.1, 0.15) is 70.6 Å². The SMILES string of the molecule is O=C(NC1CCCCCCC1)N1CCCCCC1. The van der Waals surface area contributed by atoms with Crippen molar-refractivity contribution < 1.29 is 4.79 Å². The van der Waals surface area contributed by atoms with Crippen LogP contribution in [0.15, 0.2) is 0 Å². The van der Waals surface area contributed by atoms with Crippen molar-refractivity contribution in [1.29, 1.82) is 0 Å². The van der Waals surface area contributed by atoms with Crippen molar-refractivity contribution in [2.45, 2.75) is 76.7 Å². The largest absolute Gasteiger partial charge is 0.335 e. The fraction of sp³-hybridized carbons (Fsp3) is 0.933. The summed E-state index contributed by atoms with van der Waals surface area (Å²) >= 11 is 0. The van der Waals surface area contributed by atoms with E-state index < -0.39 is 0 Å². The first kappa shape index (κ1) is 13.7. The maximum Gasteiger partial charge on any atom is 0.317 e. The predicted octanol–water partition coefficient (Wildman–Crippen LogP) is 3.68. The second-order valence-electron chi connectivity index (χ2n) is 5.89. The lowest BCUT2D eigenvalue weighted by molar-refractivity contribution is 0.193. The van der Waals surface area contributed by atoms with E-state index in [4.69, 9.17) is 0 Å². The number of nitrogens with zero attached hydrogens (tertiary/aromatic N) is 1. The zero-order valence-electron chi connectivity index (χ0n) is 11.6. The normalized spacial score (nSPS) is 23.9. The standard InChI is InChI=1S/C15H28N2O/c18-15(17-12-8-4-5-9-13-17)16-14-10-6-2-1-3-7-11-14/h14H,1-13H2,(H,16,18). The Labute approximate surface area is 111 Å². The maximum atomic E-state index is 12.2. The molecule has 2 amide bonds. The van der Waals surface area contributed by atoms with Crippen molar-refractivity contribution in [3.05, 3.63) is 0 Å². The summed E-state index contributed by atoms with van der Waals surface area (Å²) in [7, 11) is 0. The van der Waals surface area contributed by atoms with E-state index in [1.807, 2.05) is 4.90 Å². The van der Waals surface area contributed by atoms with E-state index in [2.05, 4.69) is 5.32 Å². The Morgan fingerprint density at radius 1 is 0.778 bits per heavy atom. The van der Waals surface area contributed by atoms with Gasteiger partial charge < -0.3 is 10.2 Å². The van der Waals surface area contributed by atoms with Gasteiger partial charge >= 0.3 is 6.03 Å². The average Bonchev–Trinajstić information content (AvgIpc) is 2.61. The Balaban J connectivity index is 1.77. The van der Waals surface area contributed by atoms with Gasteiger partial charge in [0.05, 0.1) is 0 Å². The van der Waals surface area contributed by atoms with Crippen LogP contribution in [0.25, 0.3) is 0 Å². The molecule has 0 atom stereocenters. The van der Waals surface area contributed by atoms with Crippen LogP contribution in [0.2, 0.25) is 0 Å². The third-order valence-electron chi connectivity index (χ3n) is 4.33. The van der Waals surface area contributed by atoms with E-state index in [1.165, 1.54) is 70.6 Å². The Kier molecular flexibility index (Phi) is 5.82. The summed E-state index contributed by atoms with van der Waals surface area (Å²) in [4.78, 5) is 14.3. The van der Waals surface area contributed by atoms with Crippen molar-refractivity contribution in [1.82, 2.24) is 10.2 Å². The van der Waals surface area contributed by atoms with Crippen molar-refractivity contribution >= 4 is 6.03 Å². The molecule has 0 aromatic heterocycles. The molecule has 1 saturated carbocycles. The van der Waals surface area contributed by atoms with E-state index in [0.29, 0.717) is 6.04 Å². The predicted molar refractivity (Wildman–Crippen MR) is 74.7 cm³/mol. The highest BCUT2D eigenvalue weighted by molar-refractivity contribution is 5.74. The number of urea groups is 1. The van der Waals surface area contributed by atoms with E-state index in [1.54, 1.807) is 0 Å². The minimum atomic E-state index is 0.197. The Hall–Kier alpha value is -0.730. The van der Waals surface area contributed by atoms with Gasteiger partial charge in [-0.3, -0.25) is 0 Å². The molecule has 18 heavy (non-hydrogen) atoms. The molecule has 0 aromatic carbocycles. The lowest BCUT2D eigenvalue weighted by Gasteiger charge is -2.26. The van der Waals surface area contributed by atoms with Gasteiger partial charge in [-0.15, -0.1) is 0 Å². The Morgan fingerprint density at radius 2 is 1.28 bits per heavy atom. The number of rotatable bonds is 1. The fourth-order valence-electron chi connectivity index (χ4n) is 3.14. The monoisotopic (exact) mass is 252 g/mol. The molecule has 2 fully saturated rings. The van der Waals surface area contributed by atoms with Gasteiger partial charge in [0.2, 0.25) is 0 Å². The van der Waals surface area contributed by atoms with E-state index in [-0.39, 0.29) is 6.03 Å². The van der Waals surface area contributed by atoms with Crippen LogP contribution in [0.3, 0.4) is 0 Å². The molecular formula is C15H28N2O. The van der Waals surface area contributed by atoms with Gasteiger partial charge in [0.15, 0.2) is 0 Å². The first-order valence-electron chi connectivity index (χ1n) is 7.92. The fourth-order valence-corrected chi connectivity index (χ4v) is 3.14. The topological polar surface area (TPSA) is 32.3 Å². The van der Waals surface area contributed by atoms with Gasteiger partial charge in [0.1, 0.15) is 0 Å². The summed E-state index contributed by atoms with van der Waals surface area (Å²) in [5.74, 6) is 0. The number of hydrogen-bond donors (Lipinski definition) is 1. The zero-order valence-corrected chi connectivity index (χ0v) is 11.6. The number of carbonyl (C=O) groups excluding carboxylic acids is 1. The van der Waals surface area contributed by atoms with Crippen LogP contribution in [0, 0.1) is 0 Å². The third-order valence-corrected chi connectivity index (χ3v) is 4.33. The summed E-state index contributed by atoms with van der Waals surface area (Å²) in [5, 5.41) is 3.27. The molecule has 3 heteroatoms. The van der Waals surface area contributed by atoms with E-state index in [9.17, 15) is 4.79 Å². The molecule has 0 aromatic rings. The number of amides is 2. The van der Waals surface area contributed by atoms with Crippen molar-refractivity contribution in [3.63, 3.8) is 0 Å². The lowest BCUT2D eigenvalue weighted by atomic mass is 9.97. The maximum absolute atomic E-state index is 12.2. The molecule has 3 nitrogen and oxygen atoms in total. The van der Waals surface area contributed by atoms with Crippen molar-refractivity contribution in [3.8, 4) is 0 Å². The van der Waals surface area contributed by atoms with Crippen LogP contribution in [-0.4, -0.2) is 30.1 Å². The third kappa shape index (κ3) is 4.51. The molecule has 1 aliphatic heterocycles. The molecule has 2 aliphatic rings.